The molecular formula is C27H36N4O6S. The van der Waals surface area contributed by atoms with E-state index in [0.717, 1.165) is 16.1 Å². The Morgan fingerprint density at radius 1 is 1.18 bits per heavy atom. The minimum atomic E-state index is -0.963. The topological polar surface area (TPSA) is 138 Å². The number of esters is 1. The fourth-order valence-electron chi connectivity index (χ4n) is 4.54. The number of benzene rings is 1. The molecule has 1 aliphatic heterocycles. The number of methoxy groups -OCH3 is 1. The van der Waals surface area contributed by atoms with Crippen LogP contribution < -0.4 is 10.6 Å². The first-order valence-electron chi connectivity index (χ1n) is 12.4. The minimum Gasteiger partial charge on any atom is -0.469 e. The summed E-state index contributed by atoms with van der Waals surface area (Å²) in [6.45, 7) is 8.67. The second-order valence-electron chi connectivity index (χ2n) is 10.6. The molecule has 1 aromatic heterocycles. The van der Waals surface area contributed by atoms with E-state index in [1.807, 2.05) is 52.0 Å². The van der Waals surface area contributed by atoms with Crippen LogP contribution in [0.4, 0.5) is 0 Å². The summed E-state index contributed by atoms with van der Waals surface area (Å²) < 4.78 is 4.85. The lowest BCUT2D eigenvalue weighted by molar-refractivity contribution is -0.144. The van der Waals surface area contributed by atoms with Gasteiger partial charge in [0, 0.05) is 19.9 Å². The highest BCUT2D eigenvalue weighted by molar-refractivity contribution is 7.13. The molecule has 3 N–H and O–H groups in total. The van der Waals surface area contributed by atoms with Gasteiger partial charge in [-0.2, -0.15) is 0 Å². The van der Waals surface area contributed by atoms with Crippen molar-refractivity contribution >= 4 is 35.0 Å². The number of aliphatic hydroxyl groups is 1. The third-order valence-corrected chi connectivity index (χ3v) is 7.54. The molecule has 1 saturated heterocycles. The quantitative estimate of drug-likeness (QED) is 0.434. The summed E-state index contributed by atoms with van der Waals surface area (Å²) in [5, 5.41) is 15.9. The molecule has 1 fully saturated rings. The Hall–Kier alpha value is -3.31. The predicted molar refractivity (Wildman–Crippen MR) is 143 cm³/mol. The summed E-state index contributed by atoms with van der Waals surface area (Å²) in [5.41, 5.74) is 3.73. The number of hydrogen-bond acceptors (Lipinski definition) is 8. The Kier molecular flexibility index (Phi) is 9.26. The number of hydrogen-bond donors (Lipinski definition) is 3. The lowest BCUT2D eigenvalue weighted by Crippen LogP contribution is -2.57. The number of amides is 3. The minimum absolute atomic E-state index is 0.0341. The molecule has 1 aliphatic rings. The molecule has 2 aromatic rings. The van der Waals surface area contributed by atoms with Crippen molar-refractivity contribution in [3.05, 3.63) is 41.0 Å². The zero-order chi connectivity index (χ0) is 28.2. The van der Waals surface area contributed by atoms with Crippen LogP contribution in [0, 0.1) is 12.3 Å². The molecule has 0 aliphatic carbocycles. The highest BCUT2D eigenvalue weighted by atomic mass is 32.1. The number of carbonyl (C=O) groups excluding carboxylic acids is 4. The standard InChI is InChI=1S/C27H36N4O6S/c1-15-23(38-14-28-15)18-9-7-17(8-10-18)20(12-22(34)37-6)30-25(35)21-11-19(33)13-31(21)26(36)24(27(3,4)5)29-16(2)32/h7-10,14,19-21,24,33H,11-13H2,1-6H3,(H,29,32)(H,30,35)/t19-,20+,21+,24-/m1/s1. The highest BCUT2D eigenvalue weighted by Crippen LogP contribution is 2.30. The lowest BCUT2D eigenvalue weighted by atomic mass is 9.85. The van der Waals surface area contributed by atoms with Crippen LogP contribution in [0.3, 0.4) is 0 Å². The highest BCUT2D eigenvalue weighted by Gasteiger charge is 2.44. The van der Waals surface area contributed by atoms with E-state index in [4.69, 9.17) is 4.74 Å². The molecule has 1 aromatic carbocycles. The largest absolute Gasteiger partial charge is 0.469 e. The molecule has 4 atom stereocenters. The van der Waals surface area contributed by atoms with Gasteiger partial charge in [-0.1, -0.05) is 45.0 Å². The van der Waals surface area contributed by atoms with Crippen molar-refractivity contribution in [2.75, 3.05) is 13.7 Å². The van der Waals surface area contributed by atoms with Crippen LogP contribution in [0.25, 0.3) is 10.4 Å². The zero-order valence-electron chi connectivity index (χ0n) is 22.6. The van der Waals surface area contributed by atoms with Gasteiger partial charge in [0.15, 0.2) is 0 Å². The summed E-state index contributed by atoms with van der Waals surface area (Å²) in [6, 6.07) is 4.92. The smallest absolute Gasteiger partial charge is 0.307 e. The van der Waals surface area contributed by atoms with E-state index in [1.54, 1.807) is 5.51 Å². The first-order valence-corrected chi connectivity index (χ1v) is 13.3. The van der Waals surface area contributed by atoms with E-state index >= 15 is 0 Å². The molecule has 0 spiro atoms. The lowest BCUT2D eigenvalue weighted by Gasteiger charge is -2.35. The Balaban J connectivity index is 1.84. The number of β-amino-alcohol motifs (C(OH)–C–C–N with tert-alkyl or cyclic N) is 1. The molecule has 2 heterocycles. The van der Waals surface area contributed by atoms with Gasteiger partial charge < -0.3 is 25.4 Å². The molecule has 206 valence electrons. The van der Waals surface area contributed by atoms with Crippen LogP contribution in [0.15, 0.2) is 29.8 Å². The molecule has 38 heavy (non-hydrogen) atoms. The van der Waals surface area contributed by atoms with Gasteiger partial charge in [0.25, 0.3) is 0 Å². The number of aryl methyl sites for hydroxylation is 1. The summed E-state index contributed by atoms with van der Waals surface area (Å²) in [6.07, 6.45) is -0.960. The maximum Gasteiger partial charge on any atom is 0.307 e. The van der Waals surface area contributed by atoms with Gasteiger partial charge in [-0.15, -0.1) is 11.3 Å². The molecule has 3 rings (SSSR count). The number of aliphatic hydroxyl groups excluding tert-OH is 1. The number of ether oxygens (including phenoxy) is 1. The number of rotatable bonds is 8. The van der Waals surface area contributed by atoms with Crippen LogP contribution in [-0.4, -0.2) is 70.5 Å². The van der Waals surface area contributed by atoms with Gasteiger partial charge in [0.2, 0.25) is 17.7 Å². The van der Waals surface area contributed by atoms with Gasteiger partial charge in [-0.25, -0.2) is 4.98 Å². The first kappa shape index (κ1) is 29.2. The Morgan fingerprint density at radius 2 is 1.84 bits per heavy atom. The maximum atomic E-state index is 13.5. The molecule has 0 saturated carbocycles. The Morgan fingerprint density at radius 3 is 2.37 bits per heavy atom. The van der Waals surface area contributed by atoms with Crippen molar-refractivity contribution in [1.82, 2.24) is 20.5 Å². The van der Waals surface area contributed by atoms with Gasteiger partial charge in [0.1, 0.15) is 12.1 Å². The zero-order valence-corrected chi connectivity index (χ0v) is 23.4. The van der Waals surface area contributed by atoms with Crippen LogP contribution in [0.5, 0.6) is 0 Å². The monoisotopic (exact) mass is 544 g/mol. The average Bonchev–Trinajstić information content (AvgIpc) is 3.46. The normalized spacial score (nSPS) is 19.0. The SMILES string of the molecule is COC(=O)C[C@H](NC(=O)[C@@H]1C[C@@H](O)CN1C(=O)[C@@H](NC(C)=O)C(C)(C)C)c1ccc(-c2scnc2C)cc1. The molecule has 11 heteroatoms. The van der Waals surface area contributed by atoms with Crippen molar-refractivity contribution < 1.29 is 29.0 Å². The number of thiazole rings is 1. The summed E-state index contributed by atoms with van der Waals surface area (Å²) in [5.74, 6) is -1.82. The van der Waals surface area contributed by atoms with E-state index in [0.29, 0.717) is 5.56 Å². The van der Waals surface area contributed by atoms with E-state index in [-0.39, 0.29) is 25.3 Å². The van der Waals surface area contributed by atoms with E-state index < -0.39 is 47.4 Å². The molecule has 3 amide bonds. The molecule has 0 bridgehead atoms. The fraction of sp³-hybridized carbons (Fsp3) is 0.519. The second kappa shape index (κ2) is 12.0. The third-order valence-electron chi connectivity index (χ3n) is 6.56. The van der Waals surface area contributed by atoms with Crippen LogP contribution in [0.1, 0.15) is 57.8 Å². The van der Waals surface area contributed by atoms with Crippen LogP contribution in [-0.2, 0) is 23.9 Å². The van der Waals surface area contributed by atoms with Gasteiger partial charge in [-0.05, 0) is 23.5 Å². The van der Waals surface area contributed by atoms with Crippen molar-refractivity contribution in [1.29, 1.82) is 0 Å². The van der Waals surface area contributed by atoms with Crippen LogP contribution >= 0.6 is 11.3 Å². The average molecular weight is 545 g/mol. The van der Waals surface area contributed by atoms with Gasteiger partial charge >= 0.3 is 5.97 Å². The second-order valence-corrected chi connectivity index (χ2v) is 11.5. The van der Waals surface area contributed by atoms with Crippen molar-refractivity contribution in [2.24, 2.45) is 5.41 Å². The van der Waals surface area contributed by atoms with Gasteiger partial charge in [0.05, 0.1) is 41.8 Å². The van der Waals surface area contributed by atoms with Crippen molar-refractivity contribution in [2.45, 2.75) is 71.7 Å². The number of aromatic nitrogens is 1. The summed E-state index contributed by atoms with van der Waals surface area (Å²) in [7, 11) is 1.28. The number of likely N-dealkylation sites (tertiary alicyclic amines) is 1. The summed E-state index contributed by atoms with van der Waals surface area (Å²) >= 11 is 1.53. The molecule has 0 unspecified atom stereocenters. The van der Waals surface area contributed by atoms with E-state index in [1.165, 1.54) is 30.3 Å². The van der Waals surface area contributed by atoms with Crippen molar-refractivity contribution in [3.8, 4) is 10.4 Å². The summed E-state index contributed by atoms with van der Waals surface area (Å²) in [4.78, 5) is 57.6. The molecular weight excluding hydrogens is 508 g/mol. The first-order chi connectivity index (χ1) is 17.8. The van der Waals surface area contributed by atoms with E-state index in [9.17, 15) is 24.3 Å². The number of nitrogens with zero attached hydrogens (tertiary/aromatic N) is 2. The van der Waals surface area contributed by atoms with Crippen molar-refractivity contribution in [3.63, 3.8) is 0 Å². The van der Waals surface area contributed by atoms with E-state index in [2.05, 4.69) is 15.6 Å². The molecule has 10 nitrogen and oxygen atoms in total. The number of nitrogens with one attached hydrogen (secondary N) is 2. The maximum absolute atomic E-state index is 13.5. The molecule has 0 radical (unpaired) electrons. The fourth-order valence-corrected chi connectivity index (χ4v) is 5.35. The third kappa shape index (κ3) is 6.96. The van der Waals surface area contributed by atoms with Gasteiger partial charge in [-0.3, -0.25) is 19.2 Å². The Bertz CT molecular complexity index is 1170. The predicted octanol–water partition coefficient (Wildman–Crippen LogP) is 2.35. The number of carbonyl (C=O) groups is 4. The Labute approximate surface area is 226 Å². The van der Waals surface area contributed by atoms with Crippen LogP contribution in [0.2, 0.25) is 0 Å².